The minimum Gasteiger partial charge on any atom is -0.468 e. The van der Waals surface area contributed by atoms with E-state index < -0.39 is 44.4 Å². The van der Waals surface area contributed by atoms with Crippen molar-refractivity contribution in [1.29, 1.82) is 0 Å². The number of fused-ring (bicyclic) bond motifs is 4. The Morgan fingerprint density at radius 3 is 2.25 bits per heavy atom. The van der Waals surface area contributed by atoms with Gasteiger partial charge in [0.05, 0.1) is 32.8 Å². The zero-order valence-corrected chi connectivity index (χ0v) is 34.6. The third kappa shape index (κ3) is 12.4. The summed E-state index contributed by atoms with van der Waals surface area (Å²) < 4.78 is 40.5. The maximum Gasteiger partial charge on any atom is 0.475 e. The minimum absolute atomic E-state index is 0.0282. The first kappa shape index (κ1) is 45.3. The van der Waals surface area contributed by atoms with E-state index in [-0.39, 0.29) is 70.1 Å². The number of aromatic nitrogens is 1. The van der Waals surface area contributed by atoms with Crippen LogP contribution in [-0.4, -0.2) is 93.5 Å². The Balaban J connectivity index is 1.17. The molecule has 16 nitrogen and oxygen atoms in total. The first-order valence-corrected chi connectivity index (χ1v) is 21.2. The lowest BCUT2D eigenvalue weighted by Gasteiger charge is -2.24. The van der Waals surface area contributed by atoms with Crippen LogP contribution in [0, 0.1) is 5.92 Å². The molecule has 1 heterocycles. The Labute approximate surface area is 348 Å². The predicted octanol–water partition coefficient (Wildman–Crippen LogP) is 5.29. The summed E-state index contributed by atoms with van der Waals surface area (Å²) >= 11 is 0. The van der Waals surface area contributed by atoms with Crippen LogP contribution in [0.2, 0.25) is 0 Å². The average Bonchev–Trinajstić information content (AvgIpc) is 3.82. The normalized spacial score (nSPS) is 14.4. The van der Waals surface area contributed by atoms with Crippen molar-refractivity contribution in [2.24, 2.45) is 5.92 Å². The summed E-state index contributed by atoms with van der Waals surface area (Å²) in [4.78, 5) is 66.6. The van der Waals surface area contributed by atoms with Crippen LogP contribution >= 0.6 is 7.82 Å². The van der Waals surface area contributed by atoms with Gasteiger partial charge in [-0.2, -0.15) is 0 Å². The molecule has 3 aromatic carbocycles. The first-order valence-electron chi connectivity index (χ1n) is 19.8. The lowest BCUT2D eigenvalue weighted by Crippen LogP contribution is -2.51. The molecule has 2 unspecified atom stereocenters. The van der Waals surface area contributed by atoms with Gasteiger partial charge in [-0.15, -0.1) is 6.58 Å². The third-order valence-electron chi connectivity index (χ3n) is 10.00. The van der Waals surface area contributed by atoms with Crippen molar-refractivity contribution < 1.29 is 51.6 Å². The number of para-hydroxylation sites is 1. The van der Waals surface area contributed by atoms with E-state index in [4.69, 9.17) is 18.3 Å². The van der Waals surface area contributed by atoms with E-state index in [0.717, 1.165) is 38.7 Å². The molecular weight excluding hydrogens is 793 g/mol. The molecular formula is C43H52N5O11P. The van der Waals surface area contributed by atoms with Gasteiger partial charge in [-0.3, -0.25) is 32.7 Å². The van der Waals surface area contributed by atoms with Crippen molar-refractivity contribution in [3.05, 3.63) is 108 Å². The molecule has 4 amide bonds. The number of phosphoric acid groups is 1. The Bertz CT molecular complexity index is 2110. The smallest absolute Gasteiger partial charge is 0.468 e. The summed E-state index contributed by atoms with van der Waals surface area (Å²) in [6.45, 7) is 6.31. The number of carbonyl (C=O) groups excluding carboxylic acids is 5. The number of hydrogen-bond acceptors (Lipinski definition) is 11. The summed E-state index contributed by atoms with van der Waals surface area (Å²) in [6, 6.07) is 21.0. The SMILES string of the molecule is C=CCOP(=O)(OCCNC(=O)[C@@H](NC(=O)Cc1c[nH]c2ccccc12)[C@@H](C)CC)OCC(NC(=O)OCC1c2ccccc2-c2ccccc21)C(=O)NCCCOC=O. The fourth-order valence-corrected chi connectivity index (χ4v) is 7.90. The number of rotatable bonds is 25. The zero-order valence-electron chi connectivity index (χ0n) is 33.7. The Morgan fingerprint density at radius 2 is 1.55 bits per heavy atom. The van der Waals surface area contributed by atoms with Crippen LogP contribution in [0.3, 0.4) is 0 Å². The molecule has 0 fully saturated rings. The van der Waals surface area contributed by atoms with E-state index in [1.54, 1.807) is 6.20 Å². The summed E-state index contributed by atoms with van der Waals surface area (Å²) in [5, 5.41) is 11.6. The molecule has 4 atom stereocenters. The number of nitrogens with one attached hydrogen (secondary N) is 5. The molecule has 1 aliphatic carbocycles. The number of carbonyl (C=O) groups is 5. The van der Waals surface area contributed by atoms with Crippen LogP contribution in [0.4, 0.5) is 4.79 Å². The van der Waals surface area contributed by atoms with Crippen molar-refractivity contribution in [3.8, 4) is 11.1 Å². The third-order valence-corrected chi connectivity index (χ3v) is 11.4. The molecule has 0 saturated heterocycles. The quantitative estimate of drug-likeness (QED) is 0.0250. The van der Waals surface area contributed by atoms with Gasteiger partial charge in [-0.1, -0.05) is 93.1 Å². The van der Waals surface area contributed by atoms with E-state index in [0.29, 0.717) is 12.9 Å². The second-order valence-corrected chi connectivity index (χ2v) is 15.7. The van der Waals surface area contributed by atoms with Crippen molar-refractivity contribution in [2.75, 3.05) is 46.1 Å². The summed E-state index contributed by atoms with van der Waals surface area (Å²) in [5.41, 5.74) is 5.78. The molecule has 5 rings (SSSR count). The number of benzene rings is 3. The minimum atomic E-state index is -4.43. The van der Waals surface area contributed by atoms with Crippen LogP contribution in [0.25, 0.3) is 22.0 Å². The molecule has 0 aliphatic heterocycles. The zero-order chi connectivity index (χ0) is 42.9. The molecule has 1 aromatic heterocycles. The van der Waals surface area contributed by atoms with Gasteiger partial charge in [0.25, 0.3) is 6.47 Å². The molecule has 0 saturated carbocycles. The highest BCUT2D eigenvalue weighted by molar-refractivity contribution is 7.48. The molecule has 0 bridgehead atoms. The first-order chi connectivity index (χ1) is 29.1. The van der Waals surface area contributed by atoms with Crippen molar-refractivity contribution in [1.82, 2.24) is 26.3 Å². The lowest BCUT2D eigenvalue weighted by atomic mass is 9.98. The van der Waals surface area contributed by atoms with Crippen molar-refractivity contribution in [3.63, 3.8) is 0 Å². The summed E-state index contributed by atoms with van der Waals surface area (Å²) in [6.07, 6.45) is 3.11. The molecule has 5 N–H and O–H groups in total. The number of alkyl carbamates (subject to hydrolysis) is 1. The predicted molar refractivity (Wildman–Crippen MR) is 224 cm³/mol. The molecule has 0 spiro atoms. The highest BCUT2D eigenvalue weighted by atomic mass is 31.2. The van der Waals surface area contributed by atoms with Crippen LogP contribution < -0.4 is 21.3 Å². The van der Waals surface area contributed by atoms with Crippen LogP contribution in [0.5, 0.6) is 0 Å². The molecule has 1 aliphatic rings. The van der Waals surface area contributed by atoms with Gasteiger partial charge in [-0.05, 0) is 46.2 Å². The van der Waals surface area contributed by atoms with Crippen molar-refractivity contribution >= 4 is 49.0 Å². The fourth-order valence-electron chi connectivity index (χ4n) is 6.74. The lowest BCUT2D eigenvalue weighted by molar-refractivity contribution is -0.130. The molecule has 17 heteroatoms. The van der Waals surface area contributed by atoms with E-state index in [1.165, 1.54) is 6.08 Å². The monoisotopic (exact) mass is 845 g/mol. The van der Waals surface area contributed by atoms with Gasteiger partial charge in [0, 0.05) is 36.1 Å². The highest BCUT2D eigenvalue weighted by Crippen LogP contribution is 2.49. The van der Waals surface area contributed by atoms with Gasteiger partial charge < -0.3 is 35.7 Å². The number of aromatic amines is 1. The van der Waals surface area contributed by atoms with Crippen LogP contribution in [-0.2, 0) is 53.2 Å². The largest absolute Gasteiger partial charge is 0.475 e. The highest BCUT2D eigenvalue weighted by Gasteiger charge is 2.33. The van der Waals surface area contributed by atoms with Gasteiger partial charge in [0.15, 0.2) is 0 Å². The van der Waals surface area contributed by atoms with Gasteiger partial charge in [0.1, 0.15) is 18.7 Å². The maximum absolute atomic E-state index is 13.8. The number of phosphoric ester groups is 1. The maximum atomic E-state index is 13.8. The number of H-pyrrole nitrogens is 1. The Morgan fingerprint density at radius 1 is 0.867 bits per heavy atom. The topological polar surface area (TPSA) is 212 Å². The fraction of sp³-hybridized carbons (Fsp3) is 0.372. The number of hydrogen-bond donors (Lipinski definition) is 5. The molecule has 320 valence electrons. The molecule has 4 aromatic rings. The van der Waals surface area contributed by atoms with Gasteiger partial charge in [-0.25, -0.2) is 9.36 Å². The van der Waals surface area contributed by atoms with Crippen LogP contribution in [0.15, 0.2) is 91.6 Å². The van der Waals surface area contributed by atoms with E-state index in [2.05, 4.69) is 37.6 Å². The molecule has 60 heavy (non-hydrogen) atoms. The van der Waals surface area contributed by atoms with Gasteiger partial charge in [0.2, 0.25) is 17.7 Å². The Kier molecular flexibility index (Phi) is 17.0. The Hall–Kier alpha value is -5.80. The van der Waals surface area contributed by atoms with Crippen molar-refractivity contribution in [2.45, 2.75) is 51.1 Å². The number of ether oxygens (including phenoxy) is 2. The number of amides is 4. The average molecular weight is 846 g/mol. The summed E-state index contributed by atoms with van der Waals surface area (Å²) in [7, 11) is -4.43. The second-order valence-electron chi connectivity index (χ2n) is 14.1. The van der Waals surface area contributed by atoms with Gasteiger partial charge >= 0.3 is 13.9 Å². The molecule has 0 radical (unpaired) electrons. The standard InChI is InChI=1S/C43H52N5O11P/c1-4-21-57-60(54,58-23-20-45-42(52)40(29(3)5-2)48-39(50)24-30-25-46-37-18-11-10-13-31(30)37)59-27-38(41(51)44-19-12-22-55-28-49)47-43(53)56-26-36-34-16-8-6-14-32(34)33-15-7-9-17-35(33)36/h4,6-11,13-18,25,28-29,36,38,40,46H,1,5,12,19-24,26-27H2,2-3H3,(H,44,51)(H,45,52)(H,47,53)(H,48,50)/t29-,38?,40-,60?/m0/s1. The van der Waals surface area contributed by atoms with Crippen LogP contribution in [0.1, 0.15) is 49.3 Å². The van der Waals surface area contributed by atoms with E-state index in [1.807, 2.05) is 86.6 Å². The van der Waals surface area contributed by atoms with E-state index >= 15 is 0 Å². The second kappa shape index (κ2) is 22.5. The summed E-state index contributed by atoms with van der Waals surface area (Å²) in [5.74, 6) is -1.96. The van der Waals surface area contributed by atoms with E-state index in [9.17, 15) is 28.5 Å².